The molecule has 3 heterocycles. The van der Waals surface area contributed by atoms with Crippen LogP contribution in [-0.2, 0) is 20.7 Å². The molecule has 3 unspecified atom stereocenters. The lowest BCUT2D eigenvalue weighted by Crippen LogP contribution is -2.53. The quantitative estimate of drug-likeness (QED) is 0.837. The van der Waals surface area contributed by atoms with Gasteiger partial charge in [-0.05, 0) is 36.2 Å². The number of fused-ring (bicyclic) bond motifs is 1. The molecular weight excluding hydrogens is 358 g/mol. The lowest BCUT2D eigenvalue weighted by atomic mass is 10.0. The van der Waals surface area contributed by atoms with Gasteiger partial charge in [0.2, 0.25) is 5.91 Å². The number of rotatable bonds is 5. The molecule has 2 fully saturated rings. The van der Waals surface area contributed by atoms with E-state index in [1.807, 2.05) is 18.2 Å². The van der Waals surface area contributed by atoms with Gasteiger partial charge in [-0.25, -0.2) is 0 Å². The molecule has 2 aliphatic rings. The van der Waals surface area contributed by atoms with Crippen molar-refractivity contribution in [1.82, 2.24) is 15.2 Å². The molecule has 7 heteroatoms. The van der Waals surface area contributed by atoms with Gasteiger partial charge < -0.3 is 15.0 Å². The van der Waals surface area contributed by atoms with Crippen LogP contribution in [0.25, 0.3) is 0 Å². The summed E-state index contributed by atoms with van der Waals surface area (Å²) in [6.07, 6.45) is 4.02. The van der Waals surface area contributed by atoms with Crippen molar-refractivity contribution < 1.29 is 19.1 Å². The number of ketones is 1. The maximum absolute atomic E-state index is 13.3. The van der Waals surface area contributed by atoms with Crippen LogP contribution in [0.15, 0.2) is 54.9 Å². The Morgan fingerprint density at radius 1 is 1.18 bits per heavy atom. The minimum Gasteiger partial charge on any atom is -0.368 e. The molecule has 0 aliphatic carbocycles. The Bertz CT molecular complexity index is 872. The molecule has 3 atom stereocenters. The van der Waals surface area contributed by atoms with Crippen molar-refractivity contribution in [2.45, 2.75) is 31.0 Å². The molecule has 28 heavy (non-hydrogen) atoms. The lowest BCUT2D eigenvalue weighted by molar-refractivity contribution is -0.138. The average Bonchev–Trinajstić information content (AvgIpc) is 3.31. The van der Waals surface area contributed by atoms with Gasteiger partial charge in [-0.1, -0.05) is 18.2 Å². The van der Waals surface area contributed by atoms with Crippen LogP contribution in [0.1, 0.15) is 22.3 Å². The summed E-state index contributed by atoms with van der Waals surface area (Å²) >= 11 is 0. The number of aromatic nitrogens is 1. The van der Waals surface area contributed by atoms with E-state index in [9.17, 15) is 14.4 Å². The summed E-state index contributed by atoms with van der Waals surface area (Å²) in [5.41, 5.74) is 1.36. The second kappa shape index (κ2) is 7.90. The monoisotopic (exact) mass is 379 g/mol. The predicted octanol–water partition coefficient (Wildman–Crippen LogP) is 0.992. The maximum atomic E-state index is 13.3. The van der Waals surface area contributed by atoms with Gasteiger partial charge in [-0.15, -0.1) is 0 Å². The van der Waals surface area contributed by atoms with Crippen molar-refractivity contribution >= 4 is 17.6 Å². The van der Waals surface area contributed by atoms with Crippen LogP contribution in [0, 0.1) is 0 Å². The van der Waals surface area contributed by atoms with Crippen LogP contribution >= 0.6 is 0 Å². The number of carbonyl (C=O) groups is 3. The van der Waals surface area contributed by atoms with Crippen molar-refractivity contribution in [3.8, 4) is 0 Å². The van der Waals surface area contributed by atoms with Gasteiger partial charge in [0.15, 0.2) is 5.78 Å². The third-order valence-corrected chi connectivity index (χ3v) is 5.22. The zero-order chi connectivity index (χ0) is 19.5. The number of carbonyl (C=O) groups excluding carboxylic acids is 3. The molecule has 2 saturated heterocycles. The Morgan fingerprint density at radius 3 is 2.68 bits per heavy atom. The van der Waals surface area contributed by atoms with E-state index in [-0.39, 0.29) is 30.3 Å². The second-order valence-corrected chi connectivity index (χ2v) is 7.03. The SMILES string of the molecule is O=C(NC(Cc1ccncc1)C(=O)N1CCC2OCC(=O)C21)c1ccccc1. The van der Waals surface area contributed by atoms with Crippen LogP contribution in [0.5, 0.6) is 0 Å². The highest BCUT2D eigenvalue weighted by molar-refractivity contribution is 5.99. The van der Waals surface area contributed by atoms with E-state index >= 15 is 0 Å². The first-order valence-electron chi connectivity index (χ1n) is 9.33. The Balaban J connectivity index is 1.56. The second-order valence-electron chi connectivity index (χ2n) is 7.03. The highest BCUT2D eigenvalue weighted by Gasteiger charge is 2.48. The number of hydrogen-bond acceptors (Lipinski definition) is 5. The molecule has 2 aliphatic heterocycles. The van der Waals surface area contributed by atoms with Crippen molar-refractivity contribution in [3.63, 3.8) is 0 Å². The van der Waals surface area contributed by atoms with E-state index in [4.69, 9.17) is 4.74 Å². The van der Waals surface area contributed by atoms with Gasteiger partial charge in [0.25, 0.3) is 5.91 Å². The summed E-state index contributed by atoms with van der Waals surface area (Å²) in [6, 6.07) is 11.1. The van der Waals surface area contributed by atoms with Gasteiger partial charge in [-0.3, -0.25) is 19.4 Å². The van der Waals surface area contributed by atoms with E-state index in [1.165, 1.54) is 0 Å². The fourth-order valence-electron chi connectivity index (χ4n) is 3.83. The number of Topliss-reactive ketones (excluding diaryl/α,β-unsaturated/α-hetero) is 1. The Morgan fingerprint density at radius 2 is 1.93 bits per heavy atom. The fraction of sp³-hybridized carbons (Fsp3) is 0.333. The number of pyridine rings is 1. The van der Waals surface area contributed by atoms with Crippen LogP contribution in [0.2, 0.25) is 0 Å². The summed E-state index contributed by atoms with van der Waals surface area (Å²) in [4.78, 5) is 43.7. The van der Waals surface area contributed by atoms with E-state index in [0.29, 0.717) is 24.9 Å². The fourth-order valence-corrected chi connectivity index (χ4v) is 3.83. The molecule has 7 nitrogen and oxygen atoms in total. The van der Waals surface area contributed by atoms with Crippen molar-refractivity contribution in [2.75, 3.05) is 13.2 Å². The van der Waals surface area contributed by atoms with Gasteiger partial charge >= 0.3 is 0 Å². The maximum Gasteiger partial charge on any atom is 0.251 e. The number of hydrogen-bond donors (Lipinski definition) is 1. The third-order valence-electron chi connectivity index (χ3n) is 5.22. The minimum atomic E-state index is -0.776. The van der Waals surface area contributed by atoms with Crippen LogP contribution in [-0.4, -0.2) is 58.8 Å². The van der Waals surface area contributed by atoms with Gasteiger partial charge in [0.1, 0.15) is 18.7 Å². The number of likely N-dealkylation sites (tertiary alicyclic amines) is 1. The molecule has 0 bridgehead atoms. The number of nitrogens with one attached hydrogen (secondary N) is 1. The third kappa shape index (κ3) is 3.66. The lowest BCUT2D eigenvalue weighted by Gasteiger charge is -2.27. The highest BCUT2D eigenvalue weighted by atomic mass is 16.5. The zero-order valence-corrected chi connectivity index (χ0v) is 15.3. The van der Waals surface area contributed by atoms with Crippen LogP contribution in [0.4, 0.5) is 0 Å². The molecule has 0 spiro atoms. The molecule has 0 saturated carbocycles. The number of benzene rings is 1. The summed E-state index contributed by atoms with van der Waals surface area (Å²) in [7, 11) is 0. The largest absolute Gasteiger partial charge is 0.368 e. The normalized spacial score (nSPS) is 22.0. The summed E-state index contributed by atoms with van der Waals surface area (Å²) in [5, 5.41) is 2.85. The van der Waals surface area contributed by atoms with E-state index in [1.54, 1.807) is 41.6 Å². The first-order chi connectivity index (χ1) is 13.6. The highest BCUT2D eigenvalue weighted by Crippen LogP contribution is 2.27. The molecular formula is C21H21N3O4. The molecule has 1 N–H and O–H groups in total. The minimum absolute atomic E-state index is 0.0461. The standard InChI is InChI=1S/C21H21N3O4/c25-17-13-28-18-8-11-24(19(17)18)21(27)16(12-14-6-9-22-10-7-14)23-20(26)15-4-2-1-3-5-15/h1-7,9-10,16,18-19H,8,11-13H2,(H,23,26). The van der Waals surface area contributed by atoms with Gasteiger partial charge in [0.05, 0.1) is 6.10 Å². The summed E-state index contributed by atoms with van der Waals surface area (Å²) < 4.78 is 5.48. The van der Waals surface area contributed by atoms with E-state index < -0.39 is 12.1 Å². The molecule has 1 aromatic heterocycles. The van der Waals surface area contributed by atoms with Gasteiger partial charge in [-0.2, -0.15) is 0 Å². The van der Waals surface area contributed by atoms with Gasteiger partial charge in [0, 0.05) is 30.9 Å². The predicted molar refractivity (Wildman–Crippen MR) is 101 cm³/mol. The Hall–Kier alpha value is -3.06. The molecule has 2 aromatic rings. The van der Waals surface area contributed by atoms with E-state index in [0.717, 1.165) is 5.56 Å². The van der Waals surface area contributed by atoms with Crippen molar-refractivity contribution in [2.24, 2.45) is 0 Å². The first-order valence-corrected chi connectivity index (χ1v) is 9.33. The number of ether oxygens (including phenoxy) is 1. The molecule has 1 aromatic carbocycles. The molecule has 2 amide bonds. The Labute approximate surface area is 162 Å². The molecule has 0 radical (unpaired) electrons. The average molecular weight is 379 g/mol. The summed E-state index contributed by atoms with van der Waals surface area (Å²) in [6.45, 7) is 0.498. The Kier molecular flexibility index (Phi) is 5.16. The molecule has 144 valence electrons. The zero-order valence-electron chi connectivity index (χ0n) is 15.3. The topological polar surface area (TPSA) is 88.6 Å². The number of nitrogens with zero attached hydrogens (tertiary/aromatic N) is 2. The van der Waals surface area contributed by atoms with Crippen LogP contribution < -0.4 is 5.32 Å². The summed E-state index contributed by atoms with van der Waals surface area (Å²) in [5.74, 6) is -0.655. The van der Waals surface area contributed by atoms with Crippen LogP contribution in [0.3, 0.4) is 0 Å². The van der Waals surface area contributed by atoms with E-state index in [2.05, 4.69) is 10.3 Å². The van der Waals surface area contributed by atoms with Crippen molar-refractivity contribution in [3.05, 3.63) is 66.0 Å². The first kappa shape index (κ1) is 18.3. The van der Waals surface area contributed by atoms with Crippen molar-refractivity contribution in [1.29, 1.82) is 0 Å². The molecule has 4 rings (SSSR count). The number of amides is 2. The smallest absolute Gasteiger partial charge is 0.251 e.